The summed E-state index contributed by atoms with van der Waals surface area (Å²) in [6, 6.07) is 3.61. The molecule has 1 aromatic rings. The number of rotatable bonds is 0. The van der Waals surface area contributed by atoms with Crippen LogP contribution in [-0.4, -0.2) is 12.4 Å². The smallest absolute Gasteiger partial charge is 0.204 e. The predicted octanol–water partition coefficient (Wildman–Crippen LogP) is 1.15. The lowest BCUT2D eigenvalue weighted by Crippen LogP contribution is -1.98. The highest BCUT2D eigenvalue weighted by Crippen LogP contribution is 2.32. The molecule has 3 heteroatoms. The first kappa shape index (κ1) is 7.16. The topological polar surface area (TPSA) is 52.3 Å². The molecule has 12 heavy (non-hydrogen) atoms. The third-order valence-electron chi connectivity index (χ3n) is 1.91. The van der Waals surface area contributed by atoms with Gasteiger partial charge in [0.2, 0.25) is 5.78 Å². The second-order valence-corrected chi connectivity index (χ2v) is 2.94. The quantitative estimate of drug-likeness (QED) is 0.584. The summed E-state index contributed by atoms with van der Waals surface area (Å²) >= 11 is 0. The molecule has 2 rings (SSSR count). The molecular weight excluding hydrogens is 154 g/mol. The van der Waals surface area contributed by atoms with Crippen molar-refractivity contribution in [1.82, 2.24) is 0 Å². The number of ether oxygens (including phenoxy) is 1. The van der Waals surface area contributed by atoms with E-state index in [0.29, 0.717) is 17.0 Å². The van der Waals surface area contributed by atoms with Crippen LogP contribution < -0.4 is 10.5 Å². The van der Waals surface area contributed by atoms with E-state index in [-0.39, 0.29) is 12.4 Å². The normalized spacial score (nSPS) is 14.2. The Morgan fingerprint density at radius 3 is 3.00 bits per heavy atom. The van der Waals surface area contributed by atoms with Crippen LogP contribution >= 0.6 is 0 Å². The Balaban J connectivity index is 2.68. The van der Waals surface area contributed by atoms with Gasteiger partial charge in [0.15, 0.2) is 12.4 Å². The van der Waals surface area contributed by atoms with Crippen molar-refractivity contribution in [3.8, 4) is 5.75 Å². The van der Waals surface area contributed by atoms with Gasteiger partial charge in [-0.15, -0.1) is 0 Å². The average Bonchev–Trinajstić information content (AvgIpc) is 2.33. The van der Waals surface area contributed by atoms with Crippen molar-refractivity contribution in [3.63, 3.8) is 0 Å². The second-order valence-electron chi connectivity index (χ2n) is 2.94. The van der Waals surface area contributed by atoms with Gasteiger partial charge in [0.25, 0.3) is 0 Å². The van der Waals surface area contributed by atoms with Gasteiger partial charge in [-0.1, -0.05) is 0 Å². The number of carbonyl (C=O) groups excluding carboxylic acids is 1. The van der Waals surface area contributed by atoms with Crippen molar-refractivity contribution < 1.29 is 9.53 Å². The highest BCUT2D eigenvalue weighted by atomic mass is 16.5. The van der Waals surface area contributed by atoms with Crippen LogP contribution in [0.15, 0.2) is 12.1 Å². The number of anilines is 1. The minimum Gasteiger partial charge on any atom is -0.483 e. The molecule has 0 fully saturated rings. The second kappa shape index (κ2) is 2.24. The Labute approximate surface area is 70.1 Å². The van der Waals surface area contributed by atoms with E-state index in [1.807, 2.05) is 6.92 Å². The molecule has 1 aromatic carbocycles. The Bertz CT molecular complexity index is 358. The Morgan fingerprint density at radius 2 is 2.25 bits per heavy atom. The van der Waals surface area contributed by atoms with Gasteiger partial charge in [0, 0.05) is 0 Å². The number of nitrogen functional groups attached to an aromatic ring is 1. The highest BCUT2D eigenvalue weighted by Gasteiger charge is 2.23. The average molecular weight is 163 g/mol. The van der Waals surface area contributed by atoms with E-state index >= 15 is 0 Å². The van der Waals surface area contributed by atoms with Gasteiger partial charge in [-0.05, 0) is 24.6 Å². The number of aryl methyl sites for hydroxylation is 1. The van der Waals surface area contributed by atoms with Gasteiger partial charge >= 0.3 is 0 Å². The Kier molecular flexibility index (Phi) is 1.33. The van der Waals surface area contributed by atoms with E-state index in [1.54, 1.807) is 12.1 Å². The van der Waals surface area contributed by atoms with Crippen molar-refractivity contribution in [2.24, 2.45) is 0 Å². The van der Waals surface area contributed by atoms with Crippen LogP contribution in [0.3, 0.4) is 0 Å². The van der Waals surface area contributed by atoms with Crippen molar-refractivity contribution in [2.45, 2.75) is 6.92 Å². The van der Waals surface area contributed by atoms with E-state index in [9.17, 15) is 4.79 Å². The number of hydrogen-bond donors (Lipinski definition) is 1. The fraction of sp³-hybridized carbons (Fsp3) is 0.222. The SMILES string of the molecule is Cc1cc(N)c2c(c1)C(=O)CO2. The first-order valence-corrected chi connectivity index (χ1v) is 3.74. The number of nitrogens with two attached hydrogens (primary N) is 1. The van der Waals surface area contributed by atoms with Gasteiger partial charge in [0.05, 0.1) is 11.3 Å². The van der Waals surface area contributed by atoms with Gasteiger partial charge in [-0.3, -0.25) is 4.79 Å². The number of fused-ring (bicyclic) bond motifs is 1. The largest absolute Gasteiger partial charge is 0.483 e. The van der Waals surface area contributed by atoms with Crippen molar-refractivity contribution in [2.75, 3.05) is 12.3 Å². The fourth-order valence-electron chi connectivity index (χ4n) is 1.38. The molecule has 2 N–H and O–H groups in total. The molecule has 1 aliphatic rings. The maximum Gasteiger partial charge on any atom is 0.204 e. The zero-order chi connectivity index (χ0) is 8.72. The Morgan fingerprint density at radius 1 is 1.50 bits per heavy atom. The lowest BCUT2D eigenvalue weighted by atomic mass is 10.1. The molecule has 1 aliphatic heterocycles. The third kappa shape index (κ3) is 0.863. The van der Waals surface area contributed by atoms with Crippen LogP contribution in [-0.2, 0) is 0 Å². The molecule has 1 heterocycles. The molecule has 3 nitrogen and oxygen atoms in total. The van der Waals surface area contributed by atoms with Crippen LogP contribution in [0, 0.1) is 6.92 Å². The molecule has 62 valence electrons. The molecule has 0 amide bonds. The van der Waals surface area contributed by atoms with E-state index < -0.39 is 0 Å². The lowest BCUT2D eigenvalue weighted by molar-refractivity contribution is 0.0961. The van der Waals surface area contributed by atoms with E-state index in [1.165, 1.54) is 0 Å². The molecule has 0 aromatic heterocycles. The summed E-state index contributed by atoms with van der Waals surface area (Å²) in [5.74, 6) is 0.561. The first-order chi connectivity index (χ1) is 5.68. The maximum atomic E-state index is 11.2. The van der Waals surface area contributed by atoms with Crippen molar-refractivity contribution in [3.05, 3.63) is 23.3 Å². The van der Waals surface area contributed by atoms with Crippen LogP contribution in [0.4, 0.5) is 5.69 Å². The summed E-state index contributed by atoms with van der Waals surface area (Å²) in [5, 5.41) is 0. The summed E-state index contributed by atoms with van der Waals surface area (Å²) in [6.45, 7) is 2.03. The monoisotopic (exact) mass is 163 g/mol. The molecular formula is C9H9NO2. The minimum absolute atomic E-state index is 0.0143. The number of benzene rings is 1. The van der Waals surface area contributed by atoms with Crippen LogP contribution in [0.1, 0.15) is 15.9 Å². The maximum absolute atomic E-state index is 11.2. The van der Waals surface area contributed by atoms with E-state index in [4.69, 9.17) is 10.5 Å². The fourth-order valence-corrected chi connectivity index (χ4v) is 1.38. The van der Waals surface area contributed by atoms with Crippen LogP contribution in [0.2, 0.25) is 0 Å². The number of Topliss-reactive ketones (excluding diaryl/α,β-unsaturated/α-hetero) is 1. The lowest BCUT2D eigenvalue weighted by Gasteiger charge is -2.02. The van der Waals surface area contributed by atoms with Crippen LogP contribution in [0.5, 0.6) is 5.75 Å². The molecule has 0 atom stereocenters. The number of hydrogen-bond acceptors (Lipinski definition) is 3. The zero-order valence-corrected chi connectivity index (χ0v) is 6.76. The molecule has 0 spiro atoms. The zero-order valence-electron chi connectivity index (χ0n) is 6.76. The minimum atomic E-state index is 0.0143. The van der Waals surface area contributed by atoms with Gasteiger partial charge in [-0.2, -0.15) is 0 Å². The summed E-state index contributed by atoms with van der Waals surface area (Å²) in [5.41, 5.74) is 7.82. The summed E-state index contributed by atoms with van der Waals surface area (Å²) in [7, 11) is 0. The third-order valence-corrected chi connectivity index (χ3v) is 1.91. The summed E-state index contributed by atoms with van der Waals surface area (Å²) < 4.78 is 5.12. The molecule has 0 saturated carbocycles. The molecule has 0 bridgehead atoms. The molecule has 0 radical (unpaired) electrons. The van der Waals surface area contributed by atoms with Crippen LogP contribution in [0.25, 0.3) is 0 Å². The summed E-state index contributed by atoms with van der Waals surface area (Å²) in [4.78, 5) is 11.2. The van der Waals surface area contributed by atoms with Crippen molar-refractivity contribution in [1.29, 1.82) is 0 Å². The standard InChI is InChI=1S/C9H9NO2/c1-5-2-6-8(11)4-12-9(6)7(10)3-5/h2-3H,4,10H2,1H3. The highest BCUT2D eigenvalue weighted by molar-refractivity contribution is 6.04. The van der Waals surface area contributed by atoms with Gasteiger partial charge < -0.3 is 10.5 Å². The first-order valence-electron chi connectivity index (χ1n) is 3.74. The molecule has 0 saturated heterocycles. The van der Waals surface area contributed by atoms with E-state index in [0.717, 1.165) is 5.56 Å². The summed E-state index contributed by atoms with van der Waals surface area (Å²) in [6.07, 6.45) is 0. The number of ketones is 1. The van der Waals surface area contributed by atoms with E-state index in [2.05, 4.69) is 0 Å². The van der Waals surface area contributed by atoms with Crippen molar-refractivity contribution >= 4 is 11.5 Å². The molecule has 0 aliphatic carbocycles. The van der Waals surface area contributed by atoms with Gasteiger partial charge in [-0.25, -0.2) is 0 Å². The predicted molar refractivity (Wildman–Crippen MR) is 45.4 cm³/mol. The molecule has 0 unspecified atom stereocenters. The Hall–Kier alpha value is -1.51. The number of carbonyl (C=O) groups is 1. The van der Waals surface area contributed by atoms with Gasteiger partial charge in [0.1, 0.15) is 0 Å².